The van der Waals surface area contributed by atoms with Crippen molar-refractivity contribution in [2.45, 2.75) is 0 Å². The molecule has 3 nitrogen and oxygen atoms in total. The number of carboxylic acids is 1. The number of nitrogens with two attached hydrogens (primary N) is 1. The molecule has 0 radical (unpaired) electrons. The van der Waals surface area contributed by atoms with Crippen LogP contribution in [0.15, 0.2) is 18.2 Å². The summed E-state index contributed by atoms with van der Waals surface area (Å²) in [5, 5.41) is 9.57. The lowest BCUT2D eigenvalue weighted by atomic mass is 10.2. The van der Waals surface area contributed by atoms with Gasteiger partial charge < -0.3 is 10.8 Å². The molecule has 72 valence electrons. The molecule has 0 unspecified atom stereocenters. The minimum Gasteiger partial charge on any atom is -0.478 e. The maximum atomic E-state index is 10.7. The second kappa shape index (κ2) is 3.15. The number of fused-ring (bicyclic) bond motifs is 1. The van der Waals surface area contributed by atoms with Crippen molar-refractivity contribution in [3.05, 3.63) is 28.1 Å². The minimum atomic E-state index is -0.949. The second-order valence-electron chi connectivity index (χ2n) is 2.81. The van der Waals surface area contributed by atoms with Crippen LogP contribution >= 0.6 is 22.9 Å². The van der Waals surface area contributed by atoms with E-state index in [1.807, 2.05) is 0 Å². The van der Waals surface area contributed by atoms with Gasteiger partial charge in [0.15, 0.2) is 0 Å². The van der Waals surface area contributed by atoms with Crippen molar-refractivity contribution in [3.8, 4) is 0 Å². The Morgan fingerprint density at radius 2 is 2.21 bits per heavy atom. The van der Waals surface area contributed by atoms with Crippen LogP contribution in [0.4, 0.5) is 5.69 Å². The zero-order valence-corrected chi connectivity index (χ0v) is 8.52. The van der Waals surface area contributed by atoms with Gasteiger partial charge in [0.1, 0.15) is 4.34 Å². The van der Waals surface area contributed by atoms with E-state index in [0.29, 0.717) is 10.0 Å². The predicted molar refractivity (Wildman–Crippen MR) is 58.2 cm³/mol. The highest BCUT2D eigenvalue weighted by Crippen LogP contribution is 2.37. The third kappa shape index (κ3) is 1.32. The van der Waals surface area contributed by atoms with Crippen molar-refractivity contribution < 1.29 is 9.90 Å². The number of hydrogen-bond acceptors (Lipinski definition) is 3. The first kappa shape index (κ1) is 9.30. The average molecular weight is 228 g/mol. The normalized spacial score (nSPS) is 10.6. The molecule has 14 heavy (non-hydrogen) atoms. The second-order valence-corrected chi connectivity index (χ2v) is 4.46. The van der Waals surface area contributed by atoms with Gasteiger partial charge in [-0.15, -0.1) is 11.3 Å². The zero-order chi connectivity index (χ0) is 10.3. The van der Waals surface area contributed by atoms with E-state index in [9.17, 15) is 4.79 Å². The van der Waals surface area contributed by atoms with Crippen LogP contribution in [0.3, 0.4) is 0 Å². The number of aromatic carboxylic acids is 1. The molecule has 3 N–H and O–H groups in total. The van der Waals surface area contributed by atoms with Gasteiger partial charge in [-0.25, -0.2) is 4.79 Å². The molecule has 0 fully saturated rings. The number of rotatable bonds is 1. The molecular weight excluding hydrogens is 222 g/mol. The SMILES string of the molecule is Nc1c(Cl)sc2cc(C(=O)O)ccc12. The topological polar surface area (TPSA) is 63.3 Å². The van der Waals surface area contributed by atoms with E-state index in [1.54, 1.807) is 12.1 Å². The molecule has 1 aromatic carbocycles. The van der Waals surface area contributed by atoms with Gasteiger partial charge in [-0.3, -0.25) is 0 Å². The van der Waals surface area contributed by atoms with Crippen molar-refractivity contribution in [2.24, 2.45) is 0 Å². The van der Waals surface area contributed by atoms with Gasteiger partial charge >= 0.3 is 5.97 Å². The Kier molecular flexibility index (Phi) is 2.09. The van der Waals surface area contributed by atoms with Crippen LogP contribution in [0.25, 0.3) is 10.1 Å². The zero-order valence-electron chi connectivity index (χ0n) is 6.95. The van der Waals surface area contributed by atoms with Crippen molar-refractivity contribution in [3.63, 3.8) is 0 Å². The molecule has 0 spiro atoms. The van der Waals surface area contributed by atoms with Gasteiger partial charge in [0.05, 0.1) is 11.3 Å². The molecule has 2 rings (SSSR count). The highest BCUT2D eigenvalue weighted by Gasteiger charge is 2.09. The molecule has 1 heterocycles. The maximum absolute atomic E-state index is 10.7. The average Bonchev–Trinajstić information content (AvgIpc) is 2.42. The molecule has 5 heteroatoms. The van der Waals surface area contributed by atoms with Crippen molar-refractivity contribution >= 4 is 44.7 Å². The van der Waals surface area contributed by atoms with Crippen molar-refractivity contribution in [2.75, 3.05) is 5.73 Å². The first-order valence-electron chi connectivity index (χ1n) is 3.80. The number of anilines is 1. The fourth-order valence-electron chi connectivity index (χ4n) is 1.22. The Bertz CT molecular complexity index is 521. The number of hydrogen-bond donors (Lipinski definition) is 2. The van der Waals surface area contributed by atoms with Gasteiger partial charge in [-0.05, 0) is 12.1 Å². The maximum Gasteiger partial charge on any atom is 0.335 e. The molecule has 0 aliphatic rings. The number of benzene rings is 1. The molecular formula is C9H6ClNO2S. The summed E-state index contributed by atoms with van der Waals surface area (Å²) in [7, 11) is 0. The number of carbonyl (C=O) groups is 1. The quantitative estimate of drug-likeness (QED) is 0.788. The lowest BCUT2D eigenvalue weighted by Crippen LogP contribution is -1.94. The van der Waals surface area contributed by atoms with Crippen molar-refractivity contribution in [1.82, 2.24) is 0 Å². The van der Waals surface area contributed by atoms with E-state index in [0.717, 1.165) is 10.1 Å². The van der Waals surface area contributed by atoms with Crippen LogP contribution in [-0.4, -0.2) is 11.1 Å². The smallest absolute Gasteiger partial charge is 0.335 e. The van der Waals surface area contributed by atoms with Gasteiger partial charge in [0, 0.05) is 10.1 Å². The summed E-state index contributed by atoms with van der Waals surface area (Å²) in [4.78, 5) is 10.7. The van der Waals surface area contributed by atoms with Gasteiger partial charge in [-0.2, -0.15) is 0 Å². The highest BCUT2D eigenvalue weighted by molar-refractivity contribution is 7.23. The molecule has 0 aliphatic heterocycles. The number of carboxylic acid groups (broad SMARTS) is 1. The van der Waals surface area contributed by atoms with E-state index in [-0.39, 0.29) is 5.56 Å². The number of thiophene rings is 1. The van der Waals surface area contributed by atoms with E-state index in [4.69, 9.17) is 22.4 Å². The first-order valence-corrected chi connectivity index (χ1v) is 5.00. The lowest BCUT2D eigenvalue weighted by Gasteiger charge is -1.94. The summed E-state index contributed by atoms with van der Waals surface area (Å²) < 4.78 is 1.30. The molecule has 0 bridgehead atoms. The van der Waals surface area contributed by atoms with Crippen LogP contribution in [0.5, 0.6) is 0 Å². The third-order valence-electron chi connectivity index (χ3n) is 1.93. The van der Waals surface area contributed by atoms with Crippen LogP contribution in [0, 0.1) is 0 Å². The summed E-state index contributed by atoms with van der Waals surface area (Å²) in [6.45, 7) is 0. The Labute approximate surface area is 88.7 Å². The Morgan fingerprint density at radius 3 is 2.86 bits per heavy atom. The Hall–Kier alpha value is -1.26. The lowest BCUT2D eigenvalue weighted by molar-refractivity contribution is 0.0697. The number of nitrogen functional groups attached to an aromatic ring is 1. The molecule has 0 saturated heterocycles. The summed E-state index contributed by atoms with van der Waals surface area (Å²) >= 11 is 7.12. The first-order chi connectivity index (χ1) is 6.59. The molecule has 0 aliphatic carbocycles. The number of halogens is 1. The molecule has 0 amide bonds. The summed E-state index contributed by atoms with van der Waals surface area (Å²) in [5.74, 6) is -0.949. The van der Waals surface area contributed by atoms with Crippen LogP contribution < -0.4 is 5.73 Å². The van der Waals surface area contributed by atoms with Gasteiger partial charge in [0.25, 0.3) is 0 Å². The van der Waals surface area contributed by atoms with Crippen LogP contribution in [0.2, 0.25) is 4.34 Å². The fraction of sp³-hybridized carbons (Fsp3) is 0. The van der Waals surface area contributed by atoms with Gasteiger partial charge in [-0.1, -0.05) is 17.7 Å². The van der Waals surface area contributed by atoms with Crippen LogP contribution in [-0.2, 0) is 0 Å². The molecule has 0 atom stereocenters. The molecule has 1 aromatic heterocycles. The summed E-state index contributed by atoms with van der Waals surface area (Å²) in [6.07, 6.45) is 0. The van der Waals surface area contributed by atoms with E-state index >= 15 is 0 Å². The van der Waals surface area contributed by atoms with Crippen LogP contribution in [0.1, 0.15) is 10.4 Å². The Balaban J connectivity index is 2.73. The van der Waals surface area contributed by atoms with E-state index in [1.165, 1.54) is 17.4 Å². The summed E-state index contributed by atoms with van der Waals surface area (Å²) in [5.41, 5.74) is 6.46. The standard InChI is InChI=1S/C9H6ClNO2S/c10-8-7(11)5-2-1-4(9(12)13)3-6(5)14-8/h1-3H,11H2,(H,12,13). The van der Waals surface area contributed by atoms with Crippen molar-refractivity contribution in [1.29, 1.82) is 0 Å². The highest BCUT2D eigenvalue weighted by atomic mass is 35.5. The predicted octanol–water partition coefficient (Wildman–Crippen LogP) is 2.84. The third-order valence-corrected chi connectivity index (χ3v) is 3.32. The molecule has 0 saturated carbocycles. The summed E-state index contributed by atoms with van der Waals surface area (Å²) in [6, 6.07) is 4.77. The molecule has 2 aromatic rings. The minimum absolute atomic E-state index is 0.246. The monoisotopic (exact) mass is 227 g/mol. The van der Waals surface area contributed by atoms with Gasteiger partial charge in [0.2, 0.25) is 0 Å². The largest absolute Gasteiger partial charge is 0.478 e. The Morgan fingerprint density at radius 1 is 1.50 bits per heavy atom. The van der Waals surface area contributed by atoms with E-state index in [2.05, 4.69) is 0 Å². The fourth-order valence-corrected chi connectivity index (χ4v) is 2.46. The van der Waals surface area contributed by atoms with E-state index < -0.39 is 5.97 Å².